The molecule has 2 N–H and O–H groups in total. The molecule has 0 bridgehead atoms. The Labute approximate surface area is 163 Å². The number of carbonyl (C=O) groups is 2. The molecule has 3 rings (SSSR count). The monoisotopic (exact) mass is 370 g/mol. The maximum atomic E-state index is 12.9. The molecule has 4 nitrogen and oxygen atoms in total. The van der Waals surface area contributed by atoms with Gasteiger partial charge in [0, 0.05) is 18.4 Å². The van der Waals surface area contributed by atoms with Crippen LogP contribution in [0.25, 0.3) is 0 Å². The van der Waals surface area contributed by atoms with E-state index in [2.05, 4.69) is 31.4 Å². The number of hydrogen-bond acceptors (Lipinski definition) is 2. The van der Waals surface area contributed by atoms with Gasteiger partial charge in [-0.05, 0) is 55.4 Å². The van der Waals surface area contributed by atoms with E-state index in [0.717, 1.165) is 44.1 Å². The van der Waals surface area contributed by atoms with Crippen molar-refractivity contribution in [2.24, 2.45) is 17.3 Å². The predicted octanol–water partition coefficient (Wildman–Crippen LogP) is 3.85. The molecule has 0 heterocycles. The highest BCUT2D eigenvalue weighted by atomic mass is 16.2. The van der Waals surface area contributed by atoms with Gasteiger partial charge in [0.15, 0.2) is 0 Å². The Kier molecular flexibility index (Phi) is 6.23. The molecule has 148 valence electrons. The molecule has 2 fully saturated rings. The van der Waals surface area contributed by atoms with Crippen molar-refractivity contribution in [3.05, 3.63) is 35.9 Å². The highest BCUT2D eigenvalue weighted by Crippen LogP contribution is 2.39. The van der Waals surface area contributed by atoms with Crippen LogP contribution < -0.4 is 10.6 Å². The first kappa shape index (κ1) is 19.9. The second kappa shape index (κ2) is 8.45. The van der Waals surface area contributed by atoms with Crippen LogP contribution in [-0.4, -0.2) is 23.9 Å². The predicted molar refractivity (Wildman–Crippen MR) is 108 cm³/mol. The summed E-state index contributed by atoms with van der Waals surface area (Å²) >= 11 is 0. The summed E-state index contributed by atoms with van der Waals surface area (Å²) in [5.41, 5.74) is 1.38. The first-order chi connectivity index (χ1) is 12.8. The van der Waals surface area contributed by atoms with Crippen molar-refractivity contribution in [3.63, 3.8) is 0 Å². The van der Waals surface area contributed by atoms with Gasteiger partial charge in [-0.1, -0.05) is 51.1 Å². The first-order valence-electron chi connectivity index (χ1n) is 10.5. The molecule has 0 aliphatic heterocycles. The first-order valence-corrected chi connectivity index (χ1v) is 10.5. The molecule has 1 aromatic rings. The summed E-state index contributed by atoms with van der Waals surface area (Å²) < 4.78 is 0. The highest BCUT2D eigenvalue weighted by Gasteiger charge is 2.34. The van der Waals surface area contributed by atoms with Gasteiger partial charge >= 0.3 is 0 Å². The van der Waals surface area contributed by atoms with Gasteiger partial charge in [-0.2, -0.15) is 0 Å². The molecular weight excluding hydrogens is 336 g/mol. The quantitative estimate of drug-likeness (QED) is 0.799. The van der Waals surface area contributed by atoms with Crippen molar-refractivity contribution in [1.82, 2.24) is 10.6 Å². The summed E-state index contributed by atoms with van der Waals surface area (Å²) in [6.45, 7) is 6.86. The van der Waals surface area contributed by atoms with Crippen molar-refractivity contribution in [3.8, 4) is 0 Å². The van der Waals surface area contributed by atoms with Crippen LogP contribution in [0, 0.1) is 17.3 Å². The van der Waals surface area contributed by atoms with Crippen molar-refractivity contribution in [2.75, 3.05) is 0 Å². The van der Waals surface area contributed by atoms with Gasteiger partial charge in [0.25, 0.3) is 0 Å². The largest absolute Gasteiger partial charge is 0.352 e. The Morgan fingerprint density at radius 3 is 2.19 bits per heavy atom. The summed E-state index contributed by atoms with van der Waals surface area (Å²) in [6, 6.07) is 9.75. The van der Waals surface area contributed by atoms with Crippen LogP contribution >= 0.6 is 0 Å². The average Bonchev–Trinajstić information content (AvgIpc) is 3.45. The van der Waals surface area contributed by atoms with E-state index in [4.69, 9.17) is 0 Å². The summed E-state index contributed by atoms with van der Waals surface area (Å²) in [4.78, 5) is 25.5. The van der Waals surface area contributed by atoms with E-state index in [0.29, 0.717) is 23.8 Å². The molecule has 1 atom stereocenters. The van der Waals surface area contributed by atoms with Crippen LogP contribution in [0.15, 0.2) is 30.3 Å². The van der Waals surface area contributed by atoms with Gasteiger partial charge in [-0.25, -0.2) is 0 Å². The molecule has 2 aliphatic carbocycles. The smallest absolute Gasteiger partial charge is 0.243 e. The Hall–Kier alpha value is -1.84. The molecule has 0 spiro atoms. The Bertz CT molecular complexity index is 638. The lowest BCUT2D eigenvalue weighted by Crippen LogP contribution is -2.50. The average molecular weight is 371 g/mol. The van der Waals surface area contributed by atoms with Crippen LogP contribution in [-0.2, 0) is 16.0 Å². The molecule has 1 unspecified atom stereocenters. The summed E-state index contributed by atoms with van der Waals surface area (Å²) in [6.07, 6.45) is 6.69. The van der Waals surface area contributed by atoms with Crippen LogP contribution in [0.3, 0.4) is 0 Å². The van der Waals surface area contributed by atoms with Crippen molar-refractivity contribution >= 4 is 11.8 Å². The van der Waals surface area contributed by atoms with Crippen molar-refractivity contribution < 1.29 is 9.59 Å². The van der Waals surface area contributed by atoms with E-state index >= 15 is 0 Å². The summed E-state index contributed by atoms with van der Waals surface area (Å²) in [5.74, 6) is 0.725. The van der Waals surface area contributed by atoms with E-state index in [1.165, 1.54) is 0 Å². The lowest BCUT2D eigenvalue weighted by atomic mass is 9.69. The Morgan fingerprint density at radius 2 is 1.63 bits per heavy atom. The maximum Gasteiger partial charge on any atom is 0.243 e. The van der Waals surface area contributed by atoms with Crippen LogP contribution in [0.2, 0.25) is 0 Å². The molecule has 2 amide bonds. The third-order valence-corrected chi connectivity index (χ3v) is 6.16. The topological polar surface area (TPSA) is 58.2 Å². The van der Waals surface area contributed by atoms with Gasteiger partial charge in [-0.15, -0.1) is 0 Å². The van der Waals surface area contributed by atoms with E-state index in [1.807, 2.05) is 30.3 Å². The van der Waals surface area contributed by atoms with Crippen LogP contribution in [0.1, 0.15) is 64.9 Å². The minimum Gasteiger partial charge on any atom is -0.352 e. The lowest BCUT2D eigenvalue weighted by Gasteiger charge is -2.36. The number of carbonyl (C=O) groups excluding carboxylic acids is 2. The summed E-state index contributed by atoms with van der Waals surface area (Å²) in [7, 11) is 0. The molecule has 0 saturated heterocycles. The molecule has 0 aromatic heterocycles. The number of rotatable bonds is 6. The van der Waals surface area contributed by atoms with Crippen LogP contribution in [0.5, 0.6) is 0 Å². The fraction of sp³-hybridized carbons (Fsp3) is 0.652. The molecule has 4 heteroatoms. The van der Waals surface area contributed by atoms with Crippen LogP contribution in [0.4, 0.5) is 0 Å². The zero-order chi connectivity index (χ0) is 19.4. The minimum absolute atomic E-state index is 0.0376. The second-order valence-electron chi connectivity index (χ2n) is 9.45. The zero-order valence-corrected chi connectivity index (χ0v) is 17.0. The molecule has 27 heavy (non-hydrogen) atoms. The SMILES string of the molecule is CC(C)(C)C1CCC(C(=O)NC(Cc2ccccc2)C(=O)NC2CC2)CC1. The molecule has 2 aliphatic rings. The van der Waals surface area contributed by atoms with Crippen molar-refractivity contribution in [1.29, 1.82) is 0 Å². The molecule has 0 radical (unpaired) electrons. The summed E-state index contributed by atoms with van der Waals surface area (Å²) in [5, 5.41) is 6.13. The van der Waals surface area contributed by atoms with Gasteiger partial charge in [0.05, 0.1) is 0 Å². The zero-order valence-electron chi connectivity index (χ0n) is 17.0. The van der Waals surface area contributed by atoms with Gasteiger partial charge in [-0.3, -0.25) is 9.59 Å². The van der Waals surface area contributed by atoms with E-state index < -0.39 is 6.04 Å². The van der Waals surface area contributed by atoms with Gasteiger partial charge in [0.2, 0.25) is 11.8 Å². The van der Waals surface area contributed by atoms with E-state index in [-0.39, 0.29) is 17.7 Å². The van der Waals surface area contributed by atoms with Gasteiger partial charge < -0.3 is 10.6 Å². The third-order valence-electron chi connectivity index (χ3n) is 6.16. The highest BCUT2D eigenvalue weighted by molar-refractivity contribution is 5.89. The number of benzene rings is 1. The third kappa shape index (κ3) is 5.82. The standard InChI is InChI=1S/C23H34N2O2/c1-23(2,3)18-11-9-17(10-12-18)21(26)25-20(22(27)24-19-13-14-19)15-16-7-5-4-6-8-16/h4-8,17-20H,9-15H2,1-3H3,(H,24,27)(H,25,26). The Balaban J connectivity index is 1.59. The second-order valence-corrected chi connectivity index (χ2v) is 9.45. The minimum atomic E-state index is -0.485. The normalized spacial score (nSPS) is 24.1. The number of nitrogens with one attached hydrogen (secondary N) is 2. The molecular formula is C23H34N2O2. The Morgan fingerprint density at radius 1 is 1.00 bits per heavy atom. The fourth-order valence-corrected chi connectivity index (χ4v) is 4.10. The lowest BCUT2D eigenvalue weighted by molar-refractivity contribution is -0.132. The molecule has 2 saturated carbocycles. The fourth-order valence-electron chi connectivity index (χ4n) is 4.10. The van der Waals surface area contributed by atoms with Crippen molar-refractivity contribution in [2.45, 2.75) is 77.8 Å². The number of amides is 2. The molecule has 1 aromatic carbocycles. The van der Waals surface area contributed by atoms with E-state index in [9.17, 15) is 9.59 Å². The van der Waals surface area contributed by atoms with E-state index in [1.54, 1.807) is 0 Å². The number of hydrogen-bond donors (Lipinski definition) is 2. The maximum absolute atomic E-state index is 12.9. The van der Waals surface area contributed by atoms with Gasteiger partial charge in [0.1, 0.15) is 6.04 Å².